The number of aryl methyl sites for hydroxylation is 1. The number of hydrogen-bond donors (Lipinski definition) is 0. The topological polar surface area (TPSA) is 84.0 Å². The second kappa shape index (κ2) is 8.97. The van der Waals surface area contributed by atoms with Crippen LogP contribution in [0.1, 0.15) is 29.8 Å². The quantitative estimate of drug-likeness (QED) is 0.658. The van der Waals surface area contributed by atoms with Crippen LogP contribution in [0.25, 0.3) is 0 Å². The lowest BCUT2D eigenvalue weighted by Gasteiger charge is -2.35. The number of sulfonamides is 1. The summed E-state index contributed by atoms with van der Waals surface area (Å²) in [6, 6.07) is 13.5. The molecule has 1 amide bonds. The minimum absolute atomic E-state index is 0.0784. The van der Waals surface area contributed by atoms with Crippen molar-refractivity contribution in [3.8, 4) is 5.75 Å². The summed E-state index contributed by atoms with van der Waals surface area (Å²) in [5.74, 6) is 0.157. The number of ether oxygens (including phenoxy) is 1. The van der Waals surface area contributed by atoms with Crippen molar-refractivity contribution in [3.05, 3.63) is 59.7 Å². The Bertz CT molecular complexity index is 1030. The van der Waals surface area contributed by atoms with E-state index in [1.54, 1.807) is 60.4 Å². The molecule has 1 fully saturated rings. The minimum atomic E-state index is -3.58. The maximum absolute atomic E-state index is 12.8. The molecule has 160 valence electrons. The number of Topliss-reactive ketones (excluding diaryl/α,β-unsaturated/α-hetero) is 1. The molecule has 1 heterocycles. The van der Waals surface area contributed by atoms with Crippen molar-refractivity contribution in [1.29, 1.82) is 0 Å². The van der Waals surface area contributed by atoms with Gasteiger partial charge in [-0.1, -0.05) is 29.8 Å². The van der Waals surface area contributed by atoms with Crippen molar-refractivity contribution >= 4 is 21.7 Å². The Morgan fingerprint density at radius 2 is 1.63 bits per heavy atom. The molecule has 0 aromatic heterocycles. The van der Waals surface area contributed by atoms with Crippen LogP contribution in [0.15, 0.2) is 53.4 Å². The summed E-state index contributed by atoms with van der Waals surface area (Å²) >= 11 is 0. The van der Waals surface area contributed by atoms with Crippen molar-refractivity contribution in [3.63, 3.8) is 0 Å². The van der Waals surface area contributed by atoms with Gasteiger partial charge in [0.25, 0.3) is 5.91 Å². The molecule has 7 nitrogen and oxygen atoms in total. The molecule has 30 heavy (non-hydrogen) atoms. The molecule has 0 saturated carbocycles. The van der Waals surface area contributed by atoms with Crippen LogP contribution in [0, 0.1) is 6.92 Å². The predicted octanol–water partition coefficient (Wildman–Crippen LogP) is 2.50. The maximum atomic E-state index is 12.8. The number of carbonyl (C=O) groups excluding carboxylic acids is 2. The van der Waals surface area contributed by atoms with Gasteiger partial charge >= 0.3 is 0 Å². The van der Waals surface area contributed by atoms with Crippen LogP contribution in [0.2, 0.25) is 0 Å². The number of carbonyl (C=O) groups is 2. The molecule has 1 saturated heterocycles. The lowest BCUT2D eigenvalue weighted by atomic mass is 10.1. The van der Waals surface area contributed by atoms with Gasteiger partial charge in [-0.25, -0.2) is 8.42 Å². The molecule has 3 rings (SSSR count). The molecule has 0 bridgehead atoms. The summed E-state index contributed by atoms with van der Waals surface area (Å²) in [6.07, 6.45) is -0.743. The summed E-state index contributed by atoms with van der Waals surface area (Å²) in [5, 5.41) is 0. The minimum Gasteiger partial charge on any atom is -0.481 e. The number of rotatable bonds is 6. The Hall–Kier alpha value is -2.71. The van der Waals surface area contributed by atoms with E-state index in [0.29, 0.717) is 24.4 Å². The van der Waals surface area contributed by atoms with Gasteiger partial charge in [0, 0.05) is 31.7 Å². The van der Waals surface area contributed by atoms with E-state index in [1.165, 1.54) is 11.2 Å². The number of nitrogens with zero attached hydrogens (tertiary/aromatic N) is 2. The monoisotopic (exact) mass is 430 g/mol. The molecule has 1 aliphatic heterocycles. The summed E-state index contributed by atoms with van der Waals surface area (Å²) in [4.78, 5) is 26.1. The lowest BCUT2D eigenvalue weighted by molar-refractivity contribution is -0.139. The summed E-state index contributed by atoms with van der Waals surface area (Å²) in [5.41, 5.74) is 1.51. The van der Waals surface area contributed by atoms with E-state index in [0.717, 1.165) is 5.56 Å². The van der Waals surface area contributed by atoms with Gasteiger partial charge in [0.15, 0.2) is 11.9 Å². The first-order chi connectivity index (χ1) is 14.2. The molecule has 0 spiro atoms. The van der Waals surface area contributed by atoms with E-state index in [9.17, 15) is 18.0 Å². The highest BCUT2D eigenvalue weighted by Gasteiger charge is 2.32. The first-order valence-electron chi connectivity index (χ1n) is 9.82. The first kappa shape index (κ1) is 22.0. The van der Waals surface area contributed by atoms with Gasteiger partial charge in [0.05, 0.1) is 4.90 Å². The second-order valence-electron chi connectivity index (χ2n) is 7.39. The standard InChI is InChI=1S/C22H26N2O5S/c1-16-7-9-21(10-8-16)30(27,28)24-13-11-23(12-14-24)22(26)18(3)29-20-6-4-5-19(15-20)17(2)25/h4-10,15,18H,11-14H2,1-3H3. The zero-order valence-corrected chi connectivity index (χ0v) is 18.2. The number of hydrogen-bond acceptors (Lipinski definition) is 5. The highest BCUT2D eigenvalue weighted by Crippen LogP contribution is 2.20. The SMILES string of the molecule is CC(=O)c1cccc(OC(C)C(=O)N2CCN(S(=O)(=O)c3ccc(C)cc3)CC2)c1. The molecular formula is C22H26N2O5S. The van der Waals surface area contributed by atoms with Gasteiger partial charge in [-0.05, 0) is 45.0 Å². The van der Waals surface area contributed by atoms with Gasteiger partial charge < -0.3 is 9.64 Å². The molecule has 1 unspecified atom stereocenters. The van der Waals surface area contributed by atoms with Gasteiger partial charge in [0.2, 0.25) is 10.0 Å². The fourth-order valence-corrected chi connectivity index (χ4v) is 4.73. The van der Waals surface area contributed by atoms with Crippen LogP contribution in [0.5, 0.6) is 5.75 Å². The molecular weight excluding hydrogens is 404 g/mol. The van der Waals surface area contributed by atoms with Crippen LogP contribution in [-0.2, 0) is 14.8 Å². The van der Waals surface area contributed by atoms with Gasteiger partial charge in [-0.3, -0.25) is 9.59 Å². The van der Waals surface area contributed by atoms with Crippen LogP contribution < -0.4 is 4.74 Å². The predicted molar refractivity (Wildman–Crippen MR) is 113 cm³/mol. The van der Waals surface area contributed by atoms with E-state index in [1.807, 2.05) is 6.92 Å². The average Bonchev–Trinajstić information content (AvgIpc) is 2.73. The molecule has 0 N–H and O–H groups in total. The second-order valence-corrected chi connectivity index (χ2v) is 9.32. The third-order valence-corrected chi connectivity index (χ3v) is 7.02. The normalized spacial score (nSPS) is 16.2. The molecule has 1 aliphatic rings. The lowest BCUT2D eigenvalue weighted by Crippen LogP contribution is -2.53. The van der Waals surface area contributed by atoms with E-state index in [-0.39, 0.29) is 29.7 Å². The number of ketones is 1. The zero-order chi connectivity index (χ0) is 21.9. The molecule has 0 aliphatic carbocycles. The van der Waals surface area contributed by atoms with Crippen LogP contribution in [-0.4, -0.2) is 61.6 Å². The largest absolute Gasteiger partial charge is 0.481 e. The van der Waals surface area contributed by atoms with E-state index >= 15 is 0 Å². The summed E-state index contributed by atoms with van der Waals surface area (Å²) in [6.45, 7) is 6.08. The van der Waals surface area contributed by atoms with Crippen LogP contribution >= 0.6 is 0 Å². The van der Waals surface area contributed by atoms with E-state index < -0.39 is 16.1 Å². The number of amides is 1. The van der Waals surface area contributed by atoms with Crippen molar-refractivity contribution in [2.45, 2.75) is 31.8 Å². The zero-order valence-electron chi connectivity index (χ0n) is 17.4. The third-order valence-electron chi connectivity index (χ3n) is 5.11. The number of benzene rings is 2. The molecule has 1 atom stereocenters. The van der Waals surface area contributed by atoms with Gasteiger partial charge in [0.1, 0.15) is 5.75 Å². The Labute approximate surface area is 177 Å². The van der Waals surface area contributed by atoms with Crippen molar-refractivity contribution in [2.75, 3.05) is 26.2 Å². The van der Waals surface area contributed by atoms with E-state index in [4.69, 9.17) is 4.74 Å². The van der Waals surface area contributed by atoms with Gasteiger partial charge in [-0.2, -0.15) is 4.31 Å². The Balaban J connectivity index is 1.60. The van der Waals surface area contributed by atoms with Gasteiger partial charge in [-0.15, -0.1) is 0 Å². The molecule has 2 aromatic rings. The maximum Gasteiger partial charge on any atom is 0.263 e. The fourth-order valence-electron chi connectivity index (χ4n) is 3.31. The highest BCUT2D eigenvalue weighted by atomic mass is 32.2. The Morgan fingerprint density at radius 3 is 2.23 bits per heavy atom. The third kappa shape index (κ3) is 4.88. The van der Waals surface area contributed by atoms with Crippen LogP contribution in [0.3, 0.4) is 0 Å². The molecule has 2 aromatic carbocycles. The summed E-state index contributed by atoms with van der Waals surface area (Å²) in [7, 11) is -3.58. The first-order valence-corrected chi connectivity index (χ1v) is 11.3. The number of piperazine rings is 1. The fraction of sp³-hybridized carbons (Fsp3) is 0.364. The van der Waals surface area contributed by atoms with Crippen molar-refractivity contribution < 1.29 is 22.7 Å². The van der Waals surface area contributed by atoms with Crippen molar-refractivity contribution in [1.82, 2.24) is 9.21 Å². The highest BCUT2D eigenvalue weighted by molar-refractivity contribution is 7.89. The molecule has 0 radical (unpaired) electrons. The summed E-state index contributed by atoms with van der Waals surface area (Å²) < 4.78 is 32.7. The van der Waals surface area contributed by atoms with E-state index in [2.05, 4.69) is 0 Å². The van der Waals surface area contributed by atoms with Crippen LogP contribution in [0.4, 0.5) is 0 Å². The Kier molecular flexibility index (Phi) is 6.58. The Morgan fingerprint density at radius 1 is 1.00 bits per heavy atom. The molecule has 8 heteroatoms. The smallest absolute Gasteiger partial charge is 0.263 e. The van der Waals surface area contributed by atoms with Crippen molar-refractivity contribution in [2.24, 2.45) is 0 Å². The average molecular weight is 431 g/mol.